The van der Waals surface area contributed by atoms with E-state index < -0.39 is 0 Å². The molecular weight excluding hydrogens is 433 g/mol. The molecule has 3 rings (SSSR count). The van der Waals surface area contributed by atoms with Crippen LogP contribution in [0.3, 0.4) is 0 Å². The third-order valence-corrected chi connectivity index (χ3v) is 4.27. The molecule has 0 saturated carbocycles. The number of anilines is 1. The lowest BCUT2D eigenvalue weighted by atomic mass is 10.2. The number of rotatable bonds is 2. The average Bonchev–Trinajstić information content (AvgIpc) is 2.91. The van der Waals surface area contributed by atoms with E-state index in [2.05, 4.69) is 54.0 Å². The normalized spacial score (nSPS) is 10.7. The largest absolute Gasteiger partial charge is 0.321 e. The quantitative estimate of drug-likeness (QED) is 0.586. The molecule has 3 aromatic rings. The highest BCUT2D eigenvalue weighted by Gasteiger charge is 2.12. The zero-order valence-corrected chi connectivity index (χ0v) is 13.9. The number of hydrogen-bond donors (Lipinski definition) is 2. The van der Waals surface area contributed by atoms with Gasteiger partial charge in [-0.1, -0.05) is 6.07 Å². The Labute approximate surface area is 137 Å². The summed E-state index contributed by atoms with van der Waals surface area (Å²) in [5, 5.41) is 10.7. The number of aromatic amines is 1. The van der Waals surface area contributed by atoms with Crippen molar-refractivity contribution >= 4 is 61.0 Å². The zero-order valence-electron chi connectivity index (χ0n) is 10.2. The lowest BCUT2D eigenvalue weighted by molar-refractivity contribution is 0.102. The van der Waals surface area contributed by atoms with Gasteiger partial charge >= 0.3 is 0 Å². The van der Waals surface area contributed by atoms with Gasteiger partial charge < -0.3 is 5.32 Å². The molecular formula is C14H9BrIN3O. The van der Waals surface area contributed by atoms with Crippen molar-refractivity contribution in [1.82, 2.24) is 10.2 Å². The molecule has 2 N–H and O–H groups in total. The SMILES string of the molecule is O=C(Nc1cccc2[nH]ncc12)c1cc(I)ccc1Br. The Balaban J connectivity index is 1.96. The van der Waals surface area contributed by atoms with Gasteiger partial charge in [0.05, 0.1) is 23.0 Å². The molecule has 0 fully saturated rings. The predicted molar refractivity (Wildman–Crippen MR) is 90.9 cm³/mol. The second kappa shape index (κ2) is 5.53. The molecule has 20 heavy (non-hydrogen) atoms. The average molecular weight is 442 g/mol. The van der Waals surface area contributed by atoms with Gasteiger partial charge in [0.25, 0.3) is 5.91 Å². The fourth-order valence-electron chi connectivity index (χ4n) is 1.94. The Morgan fingerprint density at radius 2 is 2.15 bits per heavy atom. The van der Waals surface area contributed by atoms with Crippen molar-refractivity contribution in [2.75, 3.05) is 5.32 Å². The molecule has 0 saturated heterocycles. The number of H-pyrrole nitrogens is 1. The number of nitrogens with one attached hydrogen (secondary N) is 2. The molecule has 0 aliphatic carbocycles. The molecule has 0 unspecified atom stereocenters. The van der Waals surface area contributed by atoms with E-state index in [9.17, 15) is 4.79 Å². The molecule has 0 spiro atoms. The highest BCUT2D eigenvalue weighted by Crippen LogP contribution is 2.24. The number of nitrogens with zero attached hydrogens (tertiary/aromatic N) is 1. The first-order valence-corrected chi connectivity index (χ1v) is 7.71. The Kier molecular flexibility index (Phi) is 3.75. The Morgan fingerprint density at radius 1 is 1.30 bits per heavy atom. The van der Waals surface area contributed by atoms with E-state index in [-0.39, 0.29) is 5.91 Å². The van der Waals surface area contributed by atoms with Crippen LogP contribution in [0.1, 0.15) is 10.4 Å². The molecule has 0 aliphatic heterocycles. The summed E-state index contributed by atoms with van der Waals surface area (Å²) >= 11 is 5.59. The second-order valence-corrected chi connectivity index (χ2v) is 6.32. The fourth-order valence-corrected chi connectivity index (χ4v) is 2.86. The van der Waals surface area contributed by atoms with Crippen molar-refractivity contribution in [3.63, 3.8) is 0 Å². The minimum Gasteiger partial charge on any atom is -0.321 e. The molecule has 0 aliphatic rings. The first kappa shape index (κ1) is 13.6. The first-order valence-electron chi connectivity index (χ1n) is 5.83. The summed E-state index contributed by atoms with van der Waals surface area (Å²) in [5.41, 5.74) is 2.24. The summed E-state index contributed by atoms with van der Waals surface area (Å²) < 4.78 is 1.78. The topological polar surface area (TPSA) is 57.8 Å². The summed E-state index contributed by atoms with van der Waals surface area (Å²) in [5.74, 6) is -0.149. The van der Waals surface area contributed by atoms with E-state index in [1.165, 1.54) is 0 Å². The predicted octanol–water partition coefficient (Wildman–Crippen LogP) is 4.18. The number of benzene rings is 2. The van der Waals surface area contributed by atoms with Crippen LogP contribution in [0.15, 0.2) is 47.1 Å². The lowest BCUT2D eigenvalue weighted by Gasteiger charge is -2.08. The molecule has 0 atom stereocenters. The third-order valence-electron chi connectivity index (χ3n) is 2.91. The molecule has 0 bridgehead atoms. The summed E-state index contributed by atoms with van der Waals surface area (Å²) in [6, 6.07) is 11.3. The maximum atomic E-state index is 12.4. The highest BCUT2D eigenvalue weighted by atomic mass is 127. The summed E-state index contributed by atoms with van der Waals surface area (Å²) in [6.07, 6.45) is 1.70. The fraction of sp³-hybridized carbons (Fsp3) is 0. The number of carbonyl (C=O) groups is 1. The Hall–Kier alpha value is -1.41. The zero-order chi connectivity index (χ0) is 14.1. The van der Waals surface area contributed by atoms with Crippen LogP contribution in [0.4, 0.5) is 5.69 Å². The number of carbonyl (C=O) groups excluding carboxylic acids is 1. The molecule has 0 radical (unpaired) electrons. The van der Waals surface area contributed by atoms with Gasteiger partial charge in [-0.2, -0.15) is 5.10 Å². The van der Waals surface area contributed by atoms with Crippen molar-refractivity contribution in [2.24, 2.45) is 0 Å². The number of fused-ring (bicyclic) bond motifs is 1. The van der Waals surface area contributed by atoms with E-state index in [1.807, 2.05) is 36.4 Å². The lowest BCUT2D eigenvalue weighted by Crippen LogP contribution is -2.13. The first-order chi connectivity index (χ1) is 9.65. The van der Waals surface area contributed by atoms with Crippen LogP contribution in [0.5, 0.6) is 0 Å². The third kappa shape index (κ3) is 2.57. The maximum Gasteiger partial charge on any atom is 0.256 e. The van der Waals surface area contributed by atoms with Gasteiger partial charge in [0.2, 0.25) is 0 Å². The molecule has 1 aromatic heterocycles. The van der Waals surface area contributed by atoms with E-state index >= 15 is 0 Å². The van der Waals surface area contributed by atoms with Crippen LogP contribution < -0.4 is 5.32 Å². The van der Waals surface area contributed by atoms with Crippen molar-refractivity contribution in [1.29, 1.82) is 0 Å². The van der Waals surface area contributed by atoms with Crippen LogP contribution in [0.25, 0.3) is 10.9 Å². The molecule has 4 nitrogen and oxygen atoms in total. The molecule has 100 valence electrons. The molecule has 1 amide bonds. The smallest absolute Gasteiger partial charge is 0.256 e. The van der Waals surface area contributed by atoms with Gasteiger partial charge in [-0.3, -0.25) is 9.89 Å². The van der Waals surface area contributed by atoms with Crippen LogP contribution in [-0.2, 0) is 0 Å². The highest BCUT2D eigenvalue weighted by molar-refractivity contribution is 14.1. The minimum atomic E-state index is -0.149. The number of hydrogen-bond acceptors (Lipinski definition) is 2. The summed E-state index contributed by atoms with van der Waals surface area (Å²) in [6.45, 7) is 0. The van der Waals surface area contributed by atoms with Crippen molar-refractivity contribution in [2.45, 2.75) is 0 Å². The van der Waals surface area contributed by atoms with Gasteiger partial charge in [-0.05, 0) is 68.9 Å². The standard InChI is InChI=1S/C14H9BrIN3O/c15-11-5-4-8(16)6-9(11)14(20)18-12-2-1-3-13-10(12)7-17-19-13/h1-7H,(H,17,19)(H,18,20). The van der Waals surface area contributed by atoms with E-state index in [1.54, 1.807) is 6.20 Å². The number of amides is 1. The second-order valence-electron chi connectivity index (χ2n) is 4.22. The van der Waals surface area contributed by atoms with Crippen LogP contribution >= 0.6 is 38.5 Å². The molecule has 2 aromatic carbocycles. The summed E-state index contributed by atoms with van der Waals surface area (Å²) in [4.78, 5) is 12.4. The monoisotopic (exact) mass is 441 g/mol. The van der Waals surface area contributed by atoms with Gasteiger partial charge in [0.15, 0.2) is 0 Å². The van der Waals surface area contributed by atoms with E-state index in [0.717, 1.165) is 24.6 Å². The van der Waals surface area contributed by atoms with Crippen LogP contribution in [-0.4, -0.2) is 16.1 Å². The number of aromatic nitrogens is 2. The van der Waals surface area contributed by atoms with Gasteiger partial charge in [-0.15, -0.1) is 0 Å². The maximum absolute atomic E-state index is 12.4. The van der Waals surface area contributed by atoms with Crippen molar-refractivity contribution in [3.05, 3.63) is 56.2 Å². The Bertz CT molecular complexity index is 800. The van der Waals surface area contributed by atoms with E-state index in [0.29, 0.717) is 5.56 Å². The van der Waals surface area contributed by atoms with Crippen LogP contribution in [0, 0.1) is 3.57 Å². The number of halogens is 2. The molecule has 1 heterocycles. The van der Waals surface area contributed by atoms with Crippen LogP contribution in [0.2, 0.25) is 0 Å². The van der Waals surface area contributed by atoms with Gasteiger partial charge in [-0.25, -0.2) is 0 Å². The summed E-state index contributed by atoms with van der Waals surface area (Å²) in [7, 11) is 0. The van der Waals surface area contributed by atoms with Crippen molar-refractivity contribution in [3.8, 4) is 0 Å². The van der Waals surface area contributed by atoms with Gasteiger partial charge in [0.1, 0.15) is 0 Å². The minimum absolute atomic E-state index is 0.149. The van der Waals surface area contributed by atoms with Crippen molar-refractivity contribution < 1.29 is 4.79 Å². The molecule has 6 heteroatoms. The van der Waals surface area contributed by atoms with Gasteiger partial charge in [0, 0.05) is 13.4 Å². The Morgan fingerprint density at radius 3 is 3.00 bits per heavy atom. The van der Waals surface area contributed by atoms with E-state index in [4.69, 9.17) is 0 Å².